The van der Waals surface area contributed by atoms with Gasteiger partial charge in [0, 0.05) is 12.5 Å². The van der Waals surface area contributed by atoms with Crippen molar-refractivity contribution in [2.75, 3.05) is 13.2 Å². The third-order valence-electron chi connectivity index (χ3n) is 3.57. The first-order chi connectivity index (χ1) is 9.52. The van der Waals surface area contributed by atoms with E-state index in [9.17, 15) is 9.90 Å². The first kappa shape index (κ1) is 15.6. The number of aliphatic carboxylic acids is 1. The van der Waals surface area contributed by atoms with Crippen LogP contribution in [0.4, 0.5) is 0 Å². The molecule has 0 amide bonds. The Kier molecular flexibility index (Phi) is 5.27. The van der Waals surface area contributed by atoms with Gasteiger partial charge in [-0.1, -0.05) is 36.2 Å². The van der Waals surface area contributed by atoms with Crippen molar-refractivity contribution in [1.82, 2.24) is 5.32 Å². The molecule has 1 aliphatic rings. The third kappa shape index (κ3) is 3.44. The van der Waals surface area contributed by atoms with Crippen molar-refractivity contribution in [1.29, 1.82) is 0 Å². The van der Waals surface area contributed by atoms with Crippen LogP contribution < -0.4 is 5.32 Å². The van der Waals surface area contributed by atoms with Crippen molar-refractivity contribution in [3.8, 4) is 0 Å². The average Bonchev–Trinajstić information content (AvgIpc) is 2.64. The molecule has 1 aromatic rings. The van der Waals surface area contributed by atoms with E-state index in [4.69, 9.17) is 27.9 Å². The van der Waals surface area contributed by atoms with E-state index in [0.717, 1.165) is 12.0 Å². The predicted octanol–water partition coefficient (Wildman–Crippen LogP) is 2.93. The molecule has 0 spiro atoms. The maximum atomic E-state index is 11.5. The van der Waals surface area contributed by atoms with Crippen LogP contribution in [0.3, 0.4) is 0 Å². The minimum Gasteiger partial charge on any atom is -0.480 e. The van der Waals surface area contributed by atoms with E-state index >= 15 is 0 Å². The van der Waals surface area contributed by atoms with Crippen molar-refractivity contribution in [3.63, 3.8) is 0 Å². The fraction of sp³-hybridized carbons (Fsp3) is 0.500. The summed E-state index contributed by atoms with van der Waals surface area (Å²) >= 11 is 11.9. The van der Waals surface area contributed by atoms with Crippen LogP contribution in [0.5, 0.6) is 0 Å². The molecule has 0 aromatic heterocycles. The quantitative estimate of drug-likeness (QED) is 0.900. The number of rotatable bonds is 3. The lowest BCUT2D eigenvalue weighted by atomic mass is 9.92. The fourth-order valence-electron chi connectivity index (χ4n) is 2.35. The zero-order valence-corrected chi connectivity index (χ0v) is 12.6. The average molecular weight is 318 g/mol. The van der Waals surface area contributed by atoms with Gasteiger partial charge in [-0.15, -0.1) is 0 Å². The molecule has 1 aliphatic heterocycles. The van der Waals surface area contributed by atoms with E-state index in [0.29, 0.717) is 23.2 Å². The molecule has 0 bridgehead atoms. The van der Waals surface area contributed by atoms with Gasteiger partial charge in [0.1, 0.15) is 6.04 Å². The molecular weight excluding hydrogens is 301 g/mol. The Morgan fingerprint density at radius 2 is 2.20 bits per heavy atom. The van der Waals surface area contributed by atoms with Crippen LogP contribution in [-0.2, 0) is 9.53 Å². The smallest absolute Gasteiger partial charge is 0.321 e. The highest BCUT2D eigenvalue weighted by Gasteiger charge is 2.33. The highest BCUT2D eigenvalue weighted by atomic mass is 35.5. The minimum absolute atomic E-state index is 0.0321. The molecule has 3 atom stereocenters. The molecule has 1 saturated heterocycles. The largest absolute Gasteiger partial charge is 0.480 e. The highest BCUT2D eigenvalue weighted by molar-refractivity contribution is 6.42. The van der Waals surface area contributed by atoms with E-state index in [1.54, 1.807) is 18.2 Å². The van der Waals surface area contributed by atoms with Gasteiger partial charge in [-0.05, 0) is 24.1 Å². The molecule has 0 aliphatic carbocycles. The zero-order valence-electron chi connectivity index (χ0n) is 11.1. The first-order valence-electron chi connectivity index (χ1n) is 6.55. The lowest BCUT2D eigenvalue weighted by Gasteiger charge is -2.22. The van der Waals surface area contributed by atoms with Gasteiger partial charge in [0.25, 0.3) is 0 Å². The second-order valence-electron chi connectivity index (χ2n) is 4.87. The van der Waals surface area contributed by atoms with Crippen molar-refractivity contribution in [3.05, 3.63) is 33.8 Å². The summed E-state index contributed by atoms with van der Waals surface area (Å²) in [5.74, 6) is -1.18. The molecule has 2 N–H and O–H groups in total. The second-order valence-corrected chi connectivity index (χ2v) is 5.68. The topological polar surface area (TPSA) is 58.6 Å². The molecule has 1 fully saturated rings. The fourth-order valence-corrected chi connectivity index (χ4v) is 2.66. The van der Waals surface area contributed by atoms with Crippen LogP contribution in [0.15, 0.2) is 18.2 Å². The van der Waals surface area contributed by atoms with E-state index < -0.39 is 12.0 Å². The number of halogens is 2. The molecular formula is C14H17Cl2NO3. The van der Waals surface area contributed by atoms with Crippen molar-refractivity contribution >= 4 is 29.2 Å². The monoisotopic (exact) mass is 317 g/mol. The van der Waals surface area contributed by atoms with Gasteiger partial charge in [0.05, 0.1) is 22.8 Å². The molecule has 3 unspecified atom stereocenters. The summed E-state index contributed by atoms with van der Waals surface area (Å²) in [6.07, 6.45) is 0.873. The highest BCUT2D eigenvalue weighted by Crippen LogP contribution is 2.30. The Hall–Kier alpha value is -0.810. The Labute approximate surface area is 128 Å². The van der Waals surface area contributed by atoms with Crippen LogP contribution in [0, 0.1) is 0 Å². The van der Waals surface area contributed by atoms with Gasteiger partial charge in [-0.25, -0.2) is 0 Å². The van der Waals surface area contributed by atoms with Gasteiger partial charge in [-0.3, -0.25) is 4.79 Å². The number of hydrogen-bond donors (Lipinski definition) is 2. The standard InChI is InChI=1S/C14H17Cl2NO3/c1-2-9-6-17-13(14(18)19)10(7-20-9)8-3-4-11(15)12(16)5-8/h3-5,9-10,13,17H,2,6-7H2,1H3,(H,18,19). The van der Waals surface area contributed by atoms with Crippen LogP contribution in [0.2, 0.25) is 10.0 Å². The number of benzene rings is 1. The number of carboxylic acids is 1. The molecule has 2 rings (SSSR count). The lowest BCUT2D eigenvalue weighted by molar-refractivity contribution is -0.140. The Morgan fingerprint density at radius 3 is 2.80 bits per heavy atom. The summed E-state index contributed by atoms with van der Waals surface area (Å²) in [4.78, 5) is 11.5. The molecule has 20 heavy (non-hydrogen) atoms. The Morgan fingerprint density at radius 1 is 1.45 bits per heavy atom. The number of carbonyl (C=O) groups is 1. The molecule has 0 saturated carbocycles. The predicted molar refractivity (Wildman–Crippen MR) is 78.7 cm³/mol. The summed E-state index contributed by atoms with van der Waals surface area (Å²) in [6, 6.07) is 4.50. The van der Waals surface area contributed by atoms with Gasteiger partial charge in [0.15, 0.2) is 0 Å². The Balaban J connectivity index is 2.29. The SMILES string of the molecule is CCC1CNC(C(=O)O)C(c2ccc(Cl)c(Cl)c2)CO1. The van der Waals surface area contributed by atoms with Gasteiger partial charge in [-0.2, -0.15) is 0 Å². The lowest BCUT2D eigenvalue weighted by Crippen LogP contribution is -2.42. The number of ether oxygens (including phenoxy) is 1. The third-order valence-corrected chi connectivity index (χ3v) is 4.31. The number of nitrogens with one attached hydrogen (secondary N) is 1. The molecule has 110 valence electrons. The van der Waals surface area contributed by atoms with E-state index in [1.165, 1.54) is 0 Å². The summed E-state index contributed by atoms with van der Waals surface area (Å²) in [5, 5.41) is 13.3. The molecule has 1 heterocycles. The van der Waals surface area contributed by atoms with E-state index in [-0.39, 0.29) is 12.0 Å². The second kappa shape index (κ2) is 6.76. The first-order valence-corrected chi connectivity index (χ1v) is 7.31. The van der Waals surface area contributed by atoms with Crippen LogP contribution in [0.25, 0.3) is 0 Å². The maximum absolute atomic E-state index is 11.5. The summed E-state index contributed by atoms with van der Waals surface area (Å²) in [6.45, 7) is 2.90. The van der Waals surface area contributed by atoms with E-state index in [2.05, 4.69) is 5.32 Å². The summed E-state index contributed by atoms with van der Waals surface area (Å²) < 4.78 is 5.77. The minimum atomic E-state index is -0.888. The van der Waals surface area contributed by atoms with Crippen LogP contribution in [-0.4, -0.2) is 36.4 Å². The van der Waals surface area contributed by atoms with Crippen molar-refractivity contribution in [2.45, 2.75) is 31.4 Å². The van der Waals surface area contributed by atoms with Crippen LogP contribution >= 0.6 is 23.2 Å². The zero-order chi connectivity index (χ0) is 14.7. The van der Waals surface area contributed by atoms with Gasteiger partial charge >= 0.3 is 5.97 Å². The molecule has 0 radical (unpaired) electrons. The van der Waals surface area contributed by atoms with Gasteiger partial charge in [0.2, 0.25) is 0 Å². The normalized spacial score (nSPS) is 27.1. The van der Waals surface area contributed by atoms with Gasteiger partial charge < -0.3 is 15.2 Å². The Bertz CT molecular complexity index is 495. The molecule has 1 aromatic carbocycles. The van der Waals surface area contributed by atoms with Crippen molar-refractivity contribution < 1.29 is 14.6 Å². The summed E-state index contributed by atoms with van der Waals surface area (Å²) in [7, 11) is 0. The number of hydrogen-bond acceptors (Lipinski definition) is 3. The van der Waals surface area contributed by atoms with Crippen LogP contribution in [0.1, 0.15) is 24.8 Å². The van der Waals surface area contributed by atoms with E-state index in [1.807, 2.05) is 6.92 Å². The number of carboxylic acid groups (broad SMARTS) is 1. The maximum Gasteiger partial charge on any atom is 0.321 e. The summed E-state index contributed by atoms with van der Waals surface area (Å²) in [5.41, 5.74) is 0.816. The van der Waals surface area contributed by atoms with Crippen molar-refractivity contribution in [2.24, 2.45) is 0 Å². The molecule has 6 heteroatoms. The molecule has 4 nitrogen and oxygen atoms in total.